The van der Waals surface area contributed by atoms with Gasteiger partial charge in [0, 0.05) is 12.3 Å². The highest BCUT2D eigenvalue weighted by Crippen LogP contribution is 2.13. The van der Waals surface area contributed by atoms with Crippen LogP contribution in [-0.4, -0.2) is 17.0 Å². The van der Waals surface area contributed by atoms with Crippen LogP contribution in [0.2, 0.25) is 0 Å². The summed E-state index contributed by atoms with van der Waals surface area (Å²) in [7, 11) is 0. The monoisotopic (exact) mass is 426 g/mol. The van der Waals surface area contributed by atoms with Crippen molar-refractivity contribution >= 4 is 30.0 Å². The maximum Gasteiger partial charge on any atom is 0.303 e. The molecule has 0 spiro atoms. The third-order valence-corrected chi connectivity index (χ3v) is 5.00. The number of carbonyl (C=O) groups is 1. The summed E-state index contributed by atoms with van der Waals surface area (Å²) in [4.78, 5) is 10.3. The van der Waals surface area contributed by atoms with Gasteiger partial charge in [-0.05, 0) is 12.8 Å². The van der Waals surface area contributed by atoms with E-state index in [1.165, 1.54) is 103 Å². The van der Waals surface area contributed by atoms with Gasteiger partial charge in [0.25, 0.3) is 0 Å². The van der Waals surface area contributed by atoms with Crippen molar-refractivity contribution < 1.29 is 9.90 Å². The van der Waals surface area contributed by atoms with Crippen molar-refractivity contribution in [2.24, 2.45) is 0 Å². The molecule has 166 valence electrons. The van der Waals surface area contributed by atoms with Crippen molar-refractivity contribution in [2.45, 2.75) is 136 Å². The fourth-order valence-corrected chi connectivity index (χ4v) is 3.18. The lowest BCUT2D eigenvalue weighted by Crippen LogP contribution is -1.93. The summed E-state index contributed by atoms with van der Waals surface area (Å²) in [6, 6.07) is 0. The van der Waals surface area contributed by atoms with E-state index in [1.54, 1.807) is 0 Å². The fourth-order valence-electron chi connectivity index (χ4n) is 2.99. The van der Waals surface area contributed by atoms with Crippen molar-refractivity contribution in [3.8, 4) is 0 Å². The molecule has 0 atom stereocenters. The highest BCUT2D eigenvalue weighted by atomic mass is 35.5. The minimum absolute atomic E-state index is 0. The standard InChI is InChI=1S/C18H36O2.C5H11Cl.ClH/c1-2-3-4-5-6-7-8-9-10-11-12-13-14-15-16-17-18(19)20;1-2-3-4-5-6;/h2-17H2,1H3,(H,19,20);2-5H2,1H3;1H. The Balaban J connectivity index is -0.000000709. The van der Waals surface area contributed by atoms with E-state index in [4.69, 9.17) is 16.7 Å². The highest BCUT2D eigenvalue weighted by molar-refractivity contribution is 6.17. The van der Waals surface area contributed by atoms with Crippen LogP contribution in [0.25, 0.3) is 0 Å². The molecule has 0 fully saturated rings. The Morgan fingerprint density at radius 1 is 0.593 bits per heavy atom. The normalized spacial score (nSPS) is 10.0. The Morgan fingerprint density at radius 3 is 1.15 bits per heavy atom. The minimum Gasteiger partial charge on any atom is -0.481 e. The van der Waals surface area contributed by atoms with Crippen LogP contribution in [0, 0.1) is 0 Å². The molecule has 0 bridgehead atoms. The average molecular weight is 428 g/mol. The Morgan fingerprint density at radius 2 is 0.889 bits per heavy atom. The number of hydrogen-bond acceptors (Lipinski definition) is 1. The molecule has 0 aliphatic carbocycles. The summed E-state index contributed by atoms with van der Waals surface area (Å²) in [5.41, 5.74) is 0. The summed E-state index contributed by atoms with van der Waals surface area (Å²) in [5, 5.41) is 8.52. The SMILES string of the molecule is CCCCCCCCCCCCCCCCCC(=O)O.CCCCCCl.Cl. The van der Waals surface area contributed by atoms with Gasteiger partial charge in [0.1, 0.15) is 0 Å². The Bertz CT molecular complexity index is 257. The molecule has 4 heteroatoms. The first-order valence-corrected chi connectivity index (χ1v) is 12.0. The van der Waals surface area contributed by atoms with Crippen molar-refractivity contribution in [1.29, 1.82) is 0 Å². The molecule has 27 heavy (non-hydrogen) atoms. The topological polar surface area (TPSA) is 37.3 Å². The molecule has 1 N–H and O–H groups in total. The van der Waals surface area contributed by atoms with Gasteiger partial charge >= 0.3 is 5.97 Å². The lowest BCUT2D eigenvalue weighted by molar-refractivity contribution is -0.137. The molecule has 0 aliphatic rings. The molecule has 0 rings (SSSR count). The van der Waals surface area contributed by atoms with Crippen molar-refractivity contribution in [1.82, 2.24) is 0 Å². The second kappa shape index (κ2) is 30.8. The molecular weight excluding hydrogens is 379 g/mol. The lowest BCUT2D eigenvalue weighted by Gasteiger charge is -2.03. The smallest absolute Gasteiger partial charge is 0.303 e. The van der Waals surface area contributed by atoms with E-state index in [9.17, 15) is 4.79 Å². The van der Waals surface area contributed by atoms with E-state index in [2.05, 4.69) is 13.8 Å². The molecule has 0 radical (unpaired) electrons. The summed E-state index contributed by atoms with van der Waals surface area (Å²) in [6.45, 7) is 4.44. The number of alkyl halides is 1. The van der Waals surface area contributed by atoms with Gasteiger partial charge in [0.2, 0.25) is 0 Å². The van der Waals surface area contributed by atoms with Crippen LogP contribution < -0.4 is 0 Å². The Labute approximate surface area is 181 Å². The van der Waals surface area contributed by atoms with Crippen LogP contribution in [0.15, 0.2) is 0 Å². The Kier molecular flexibility index (Phi) is 36.2. The number of rotatable bonds is 19. The van der Waals surface area contributed by atoms with Crippen molar-refractivity contribution in [2.75, 3.05) is 5.88 Å². The van der Waals surface area contributed by atoms with Crippen LogP contribution in [0.5, 0.6) is 0 Å². The van der Waals surface area contributed by atoms with Crippen molar-refractivity contribution in [3.63, 3.8) is 0 Å². The van der Waals surface area contributed by atoms with Crippen LogP contribution in [-0.2, 0) is 4.79 Å². The summed E-state index contributed by atoms with van der Waals surface area (Å²) >= 11 is 5.38. The molecule has 0 aromatic heterocycles. The highest BCUT2D eigenvalue weighted by Gasteiger charge is 1.97. The molecule has 0 aromatic carbocycles. The van der Waals surface area contributed by atoms with E-state index in [0.29, 0.717) is 6.42 Å². The van der Waals surface area contributed by atoms with E-state index < -0.39 is 5.97 Å². The number of aliphatic carboxylic acids is 1. The van der Waals surface area contributed by atoms with Gasteiger partial charge in [-0.2, -0.15) is 0 Å². The van der Waals surface area contributed by atoms with Crippen LogP contribution >= 0.6 is 24.0 Å². The first kappa shape index (κ1) is 31.7. The fraction of sp³-hybridized carbons (Fsp3) is 0.957. The number of carboxylic acids is 1. The average Bonchev–Trinajstić information content (AvgIpc) is 2.63. The molecular formula is C23H48Cl2O2. The molecule has 0 unspecified atom stereocenters. The minimum atomic E-state index is -0.653. The maximum atomic E-state index is 10.3. The quantitative estimate of drug-likeness (QED) is 0.165. The van der Waals surface area contributed by atoms with Crippen LogP contribution in [0.4, 0.5) is 0 Å². The third kappa shape index (κ3) is 37.5. The van der Waals surface area contributed by atoms with Crippen molar-refractivity contribution in [3.05, 3.63) is 0 Å². The second-order valence-electron chi connectivity index (χ2n) is 7.49. The largest absolute Gasteiger partial charge is 0.481 e. The number of halogens is 2. The van der Waals surface area contributed by atoms with Crippen LogP contribution in [0.1, 0.15) is 136 Å². The first-order chi connectivity index (χ1) is 12.7. The van der Waals surface area contributed by atoms with Gasteiger partial charge in [0.15, 0.2) is 0 Å². The molecule has 0 saturated carbocycles. The first-order valence-electron chi connectivity index (χ1n) is 11.5. The lowest BCUT2D eigenvalue weighted by atomic mass is 10.0. The summed E-state index contributed by atoms with van der Waals surface area (Å²) < 4.78 is 0. The molecule has 2 nitrogen and oxygen atoms in total. The molecule has 0 aliphatic heterocycles. The zero-order chi connectivity index (χ0) is 19.7. The van der Waals surface area contributed by atoms with Gasteiger partial charge in [-0.25, -0.2) is 0 Å². The van der Waals surface area contributed by atoms with E-state index >= 15 is 0 Å². The third-order valence-electron chi connectivity index (χ3n) is 4.73. The van der Waals surface area contributed by atoms with Gasteiger partial charge in [-0.1, -0.05) is 117 Å². The van der Waals surface area contributed by atoms with Crippen LogP contribution in [0.3, 0.4) is 0 Å². The second-order valence-corrected chi connectivity index (χ2v) is 7.87. The molecule has 0 amide bonds. The maximum absolute atomic E-state index is 10.3. The zero-order valence-electron chi connectivity index (χ0n) is 18.3. The van der Waals surface area contributed by atoms with Gasteiger partial charge in [-0.15, -0.1) is 24.0 Å². The summed E-state index contributed by atoms with van der Waals surface area (Å²) in [6.07, 6.45) is 23.9. The predicted octanol–water partition coefficient (Wildman–Crippen LogP) is 9.17. The summed E-state index contributed by atoms with van der Waals surface area (Å²) in [5.74, 6) is 0.174. The van der Waals surface area contributed by atoms with E-state index in [0.717, 1.165) is 18.7 Å². The molecule has 0 heterocycles. The van der Waals surface area contributed by atoms with Gasteiger partial charge in [-0.3, -0.25) is 4.79 Å². The predicted molar refractivity (Wildman–Crippen MR) is 125 cm³/mol. The molecule has 0 saturated heterocycles. The Hall–Kier alpha value is 0.0500. The van der Waals surface area contributed by atoms with Gasteiger partial charge in [0.05, 0.1) is 0 Å². The number of carboxylic acid groups (broad SMARTS) is 1. The number of unbranched alkanes of at least 4 members (excludes halogenated alkanes) is 16. The van der Waals surface area contributed by atoms with E-state index in [1.807, 2.05) is 0 Å². The van der Waals surface area contributed by atoms with Gasteiger partial charge < -0.3 is 5.11 Å². The van der Waals surface area contributed by atoms with E-state index in [-0.39, 0.29) is 12.4 Å². The zero-order valence-corrected chi connectivity index (χ0v) is 19.9. The number of hydrogen-bond donors (Lipinski definition) is 1. The molecule has 0 aromatic rings.